The van der Waals surface area contributed by atoms with Gasteiger partial charge in [-0.1, -0.05) is 42.5 Å². The summed E-state index contributed by atoms with van der Waals surface area (Å²) in [6, 6.07) is 16.0. The van der Waals surface area contributed by atoms with E-state index in [-0.39, 0.29) is 18.0 Å². The first-order valence-electron chi connectivity index (χ1n) is 8.02. The Labute approximate surface area is 138 Å². The van der Waals surface area contributed by atoms with Gasteiger partial charge in [-0.15, -0.1) is 0 Å². The summed E-state index contributed by atoms with van der Waals surface area (Å²) in [5.74, 6) is 0.639. The maximum Gasteiger partial charge on any atom is 0.258 e. The van der Waals surface area contributed by atoms with E-state index < -0.39 is 0 Å². The van der Waals surface area contributed by atoms with Gasteiger partial charge >= 0.3 is 0 Å². The number of rotatable bonds is 5. The molecule has 0 aliphatic rings. The molecule has 3 heteroatoms. The maximum atomic E-state index is 13.0. The fourth-order valence-electron chi connectivity index (χ4n) is 2.97. The third kappa shape index (κ3) is 3.55. The predicted molar refractivity (Wildman–Crippen MR) is 94.9 cm³/mol. The zero-order chi connectivity index (χ0) is 17.0. The van der Waals surface area contributed by atoms with E-state index >= 15 is 0 Å². The van der Waals surface area contributed by atoms with E-state index in [9.17, 15) is 4.79 Å². The average molecular weight is 311 g/mol. The second-order valence-corrected chi connectivity index (χ2v) is 6.15. The van der Waals surface area contributed by atoms with Crippen molar-refractivity contribution < 1.29 is 9.53 Å². The van der Waals surface area contributed by atoms with E-state index in [2.05, 4.69) is 0 Å². The van der Waals surface area contributed by atoms with Gasteiger partial charge in [0.1, 0.15) is 5.75 Å². The van der Waals surface area contributed by atoms with Gasteiger partial charge in [-0.2, -0.15) is 0 Å². The van der Waals surface area contributed by atoms with Crippen LogP contribution in [0.2, 0.25) is 0 Å². The van der Waals surface area contributed by atoms with Crippen molar-refractivity contribution in [2.45, 2.75) is 39.8 Å². The Bertz CT molecular complexity index is 655. The summed E-state index contributed by atoms with van der Waals surface area (Å²) in [5.41, 5.74) is 2.59. The number of ether oxygens (including phenoxy) is 1. The summed E-state index contributed by atoms with van der Waals surface area (Å²) in [6.45, 7) is 8.13. The normalized spacial score (nSPS) is 10.9. The lowest BCUT2D eigenvalue weighted by molar-refractivity contribution is 0.0640. The van der Waals surface area contributed by atoms with E-state index in [1.165, 1.54) is 0 Å². The number of hydrogen-bond acceptors (Lipinski definition) is 2. The van der Waals surface area contributed by atoms with Gasteiger partial charge in [0.15, 0.2) is 0 Å². The SMILES string of the molecule is COc1c(C(=O)N(C(C)C)C(C)C)cccc1-c1ccccc1. The van der Waals surface area contributed by atoms with Crippen LogP contribution in [-0.4, -0.2) is 30.0 Å². The molecule has 0 heterocycles. The van der Waals surface area contributed by atoms with Gasteiger partial charge in [0.05, 0.1) is 12.7 Å². The molecule has 0 spiro atoms. The third-order valence-corrected chi connectivity index (χ3v) is 3.88. The van der Waals surface area contributed by atoms with Crippen LogP contribution < -0.4 is 4.74 Å². The second kappa shape index (κ2) is 7.32. The summed E-state index contributed by atoms with van der Waals surface area (Å²) in [4.78, 5) is 14.9. The first kappa shape index (κ1) is 17.1. The standard InChI is InChI=1S/C20H25NO2/c1-14(2)21(15(3)4)20(22)18-13-9-12-17(19(18)23-5)16-10-7-6-8-11-16/h6-15H,1-5H3. The molecule has 0 aliphatic carbocycles. The van der Waals surface area contributed by atoms with Crippen molar-refractivity contribution in [1.82, 2.24) is 4.90 Å². The highest BCUT2D eigenvalue weighted by Gasteiger charge is 2.25. The van der Waals surface area contributed by atoms with Crippen molar-refractivity contribution in [3.8, 4) is 16.9 Å². The summed E-state index contributed by atoms with van der Waals surface area (Å²) in [6.07, 6.45) is 0. The van der Waals surface area contributed by atoms with Crippen LogP contribution in [0, 0.1) is 0 Å². The number of carbonyl (C=O) groups excluding carboxylic acids is 1. The summed E-state index contributed by atoms with van der Waals surface area (Å²) in [5, 5.41) is 0. The van der Waals surface area contributed by atoms with Crippen LogP contribution in [0.25, 0.3) is 11.1 Å². The molecule has 0 aromatic heterocycles. The van der Waals surface area contributed by atoms with E-state index in [1.54, 1.807) is 7.11 Å². The molecular formula is C20H25NO2. The molecule has 1 amide bonds. The van der Waals surface area contributed by atoms with E-state index in [1.807, 2.05) is 81.1 Å². The van der Waals surface area contributed by atoms with Crippen LogP contribution in [0.15, 0.2) is 48.5 Å². The van der Waals surface area contributed by atoms with Gasteiger partial charge in [-0.25, -0.2) is 0 Å². The smallest absolute Gasteiger partial charge is 0.258 e. The highest BCUT2D eigenvalue weighted by Crippen LogP contribution is 2.34. The number of amides is 1. The molecule has 0 unspecified atom stereocenters. The van der Waals surface area contributed by atoms with Crippen LogP contribution in [0.4, 0.5) is 0 Å². The fourth-order valence-corrected chi connectivity index (χ4v) is 2.97. The third-order valence-electron chi connectivity index (χ3n) is 3.88. The number of carbonyl (C=O) groups is 1. The molecule has 0 bridgehead atoms. The molecule has 0 N–H and O–H groups in total. The Balaban J connectivity index is 2.54. The van der Waals surface area contributed by atoms with Crippen molar-refractivity contribution >= 4 is 5.91 Å². The first-order chi connectivity index (χ1) is 11.0. The largest absolute Gasteiger partial charge is 0.495 e. The Hall–Kier alpha value is -2.29. The van der Waals surface area contributed by atoms with Crippen molar-refractivity contribution in [3.05, 3.63) is 54.1 Å². The second-order valence-electron chi connectivity index (χ2n) is 6.15. The van der Waals surface area contributed by atoms with Crippen LogP contribution in [0.5, 0.6) is 5.75 Å². The van der Waals surface area contributed by atoms with Crippen molar-refractivity contribution in [2.75, 3.05) is 7.11 Å². The summed E-state index contributed by atoms with van der Waals surface area (Å²) >= 11 is 0. The molecule has 2 rings (SSSR count). The van der Waals surface area contributed by atoms with Gasteiger partial charge < -0.3 is 9.64 Å². The molecule has 2 aromatic carbocycles. The van der Waals surface area contributed by atoms with Crippen LogP contribution in [0.1, 0.15) is 38.1 Å². The number of methoxy groups -OCH3 is 1. The Morgan fingerprint density at radius 2 is 1.52 bits per heavy atom. The lowest BCUT2D eigenvalue weighted by atomic mass is 10.00. The predicted octanol–water partition coefficient (Wildman–Crippen LogP) is 4.62. The minimum Gasteiger partial charge on any atom is -0.495 e. The number of nitrogens with zero attached hydrogens (tertiary/aromatic N) is 1. The summed E-state index contributed by atoms with van der Waals surface area (Å²) in [7, 11) is 1.62. The van der Waals surface area contributed by atoms with Crippen LogP contribution in [0.3, 0.4) is 0 Å². The number of hydrogen-bond donors (Lipinski definition) is 0. The zero-order valence-electron chi connectivity index (χ0n) is 14.5. The van der Waals surface area contributed by atoms with Gasteiger partial charge in [0, 0.05) is 17.6 Å². The molecule has 2 aromatic rings. The lowest BCUT2D eigenvalue weighted by Gasteiger charge is -2.31. The lowest BCUT2D eigenvalue weighted by Crippen LogP contribution is -2.42. The Morgan fingerprint density at radius 1 is 0.913 bits per heavy atom. The van der Waals surface area contributed by atoms with Gasteiger partial charge in [0.2, 0.25) is 0 Å². The minimum atomic E-state index is 0.00429. The quantitative estimate of drug-likeness (QED) is 0.806. The topological polar surface area (TPSA) is 29.5 Å². The molecule has 0 aliphatic heterocycles. The molecule has 0 radical (unpaired) electrons. The molecule has 0 atom stereocenters. The van der Waals surface area contributed by atoms with Crippen molar-refractivity contribution in [3.63, 3.8) is 0 Å². The van der Waals surface area contributed by atoms with Gasteiger partial charge in [-0.05, 0) is 39.3 Å². The highest BCUT2D eigenvalue weighted by molar-refractivity contribution is 5.99. The maximum absolute atomic E-state index is 13.0. The van der Waals surface area contributed by atoms with Crippen molar-refractivity contribution in [2.24, 2.45) is 0 Å². The Kier molecular flexibility index (Phi) is 5.43. The highest BCUT2D eigenvalue weighted by atomic mass is 16.5. The monoisotopic (exact) mass is 311 g/mol. The minimum absolute atomic E-state index is 0.00429. The number of para-hydroxylation sites is 1. The molecule has 0 saturated carbocycles. The number of benzene rings is 2. The molecule has 0 fully saturated rings. The average Bonchev–Trinajstić information content (AvgIpc) is 2.54. The fraction of sp³-hybridized carbons (Fsp3) is 0.350. The van der Waals surface area contributed by atoms with Crippen LogP contribution in [-0.2, 0) is 0 Å². The molecule has 23 heavy (non-hydrogen) atoms. The first-order valence-corrected chi connectivity index (χ1v) is 8.02. The van der Waals surface area contributed by atoms with Gasteiger partial charge in [-0.3, -0.25) is 4.79 Å². The Morgan fingerprint density at radius 3 is 2.04 bits per heavy atom. The zero-order valence-corrected chi connectivity index (χ0v) is 14.5. The molecular weight excluding hydrogens is 286 g/mol. The van der Waals surface area contributed by atoms with Crippen molar-refractivity contribution in [1.29, 1.82) is 0 Å². The van der Waals surface area contributed by atoms with E-state index in [0.29, 0.717) is 11.3 Å². The molecule has 122 valence electrons. The van der Waals surface area contributed by atoms with Gasteiger partial charge in [0.25, 0.3) is 5.91 Å². The van der Waals surface area contributed by atoms with Crippen LogP contribution >= 0.6 is 0 Å². The summed E-state index contributed by atoms with van der Waals surface area (Å²) < 4.78 is 5.61. The molecule has 0 saturated heterocycles. The molecule has 3 nitrogen and oxygen atoms in total. The van der Waals surface area contributed by atoms with E-state index in [0.717, 1.165) is 11.1 Å². The van der Waals surface area contributed by atoms with E-state index in [4.69, 9.17) is 4.74 Å².